The molecular weight excluding hydrogens is 254 g/mol. The molecule has 96 valence electrons. The van der Waals surface area contributed by atoms with Gasteiger partial charge in [0.25, 0.3) is 0 Å². The van der Waals surface area contributed by atoms with Gasteiger partial charge < -0.3 is 0 Å². The van der Waals surface area contributed by atoms with Gasteiger partial charge in [-0.2, -0.15) is 11.8 Å². The lowest BCUT2D eigenvalue weighted by Gasteiger charge is -2.32. The second kappa shape index (κ2) is 5.61. The number of thioether (sulfide) groups is 1. The molecule has 1 aromatic rings. The summed E-state index contributed by atoms with van der Waals surface area (Å²) in [6.07, 6.45) is 7.28. The zero-order valence-corrected chi connectivity index (χ0v) is 12.3. The molecule has 0 saturated heterocycles. The number of aromatic nitrogens is 3. The van der Waals surface area contributed by atoms with E-state index in [-0.39, 0.29) is 0 Å². The van der Waals surface area contributed by atoms with Gasteiger partial charge in [0, 0.05) is 17.2 Å². The Morgan fingerprint density at radius 1 is 1.29 bits per heavy atom. The monoisotopic (exact) mass is 273 g/mol. The molecule has 5 heteroatoms. The van der Waals surface area contributed by atoms with Crippen molar-refractivity contribution in [2.24, 2.45) is 0 Å². The second-order valence-electron chi connectivity index (χ2n) is 4.98. The molecule has 1 fully saturated rings. The van der Waals surface area contributed by atoms with Crippen LogP contribution in [0.25, 0.3) is 0 Å². The Bertz CT molecular complexity index is 378. The molecule has 0 aliphatic heterocycles. The van der Waals surface area contributed by atoms with Crippen LogP contribution in [-0.2, 0) is 0 Å². The van der Waals surface area contributed by atoms with Crippen molar-refractivity contribution in [2.45, 2.75) is 56.7 Å². The highest BCUT2D eigenvalue weighted by molar-refractivity contribution is 7.99. The summed E-state index contributed by atoms with van der Waals surface area (Å²) < 4.78 is 2.17. The van der Waals surface area contributed by atoms with Gasteiger partial charge >= 0.3 is 0 Å². The summed E-state index contributed by atoms with van der Waals surface area (Å²) in [6.45, 7) is 4.29. The molecule has 1 aliphatic rings. The average molecular weight is 274 g/mol. The van der Waals surface area contributed by atoms with E-state index in [9.17, 15) is 0 Å². The summed E-state index contributed by atoms with van der Waals surface area (Å²) in [5.74, 6) is 1.40. The first kappa shape index (κ1) is 13.2. The van der Waals surface area contributed by atoms with Crippen molar-refractivity contribution in [1.29, 1.82) is 0 Å². The highest BCUT2D eigenvalue weighted by atomic mass is 35.5. The fourth-order valence-corrected chi connectivity index (χ4v) is 3.86. The van der Waals surface area contributed by atoms with E-state index in [4.69, 9.17) is 11.6 Å². The van der Waals surface area contributed by atoms with Crippen molar-refractivity contribution in [3.05, 3.63) is 11.1 Å². The highest BCUT2D eigenvalue weighted by Crippen LogP contribution is 2.38. The van der Waals surface area contributed by atoms with Crippen LogP contribution in [0.2, 0.25) is 5.28 Å². The van der Waals surface area contributed by atoms with Gasteiger partial charge in [-0.15, -0.1) is 10.2 Å². The van der Waals surface area contributed by atoms with Crippen LogP contribution in [-0.4, -0.2) is 26.3 Å². The van der Waals surface area contributed by atoms with E-state index in [1.807, 2.05) is 11.8 Å². The van der Waals surface area contributed by atoms with E-state index in [0.717, 1.165) is 5.82 Å². The predicted molar refractivity (Wildman–Crippen MR) is 73.9 cm³/mol. The largest absolute Gasteiger partial charge is 0.297 e. The first-order valence-electron chi connectivity index (χ1n) is 6.28. The molecular formula is C12H20ClN3S. The molecule has 0 spiro atoms. The van der Waals surface area contributed by atoms with Crippen molar-refractivity contribution in [2.75, 3.05) is 6.26 Å². The van der Waals surface area contributed by atoms with E-state index in [1.165, 1.54) is 25.7 Å². The molecule has 1 heterocycles. The smallest absolute Gasteiger partial charge is 0.225 e. The molecule has 2 rings (SSSR count). The molecule has 2 unspecified atom stereocenters. The van der Waals surface area contributed by atoms with Gasteiger partial charge in [0.15, 0.2) is 0 Å². The van der Waals surface area contributed by atoms with Gasteiger partial charge in [-0.3, -0.25) is 4.57 Å². The minimum atomic E-state index is 0.374. The lowest BCUT2D eigenvalue weighted by molar-refractivity contribution is 0.353. The number of rotatable bonds is 3. The second-order valence-corrected chi connectivity index (χ2v) is 6.39. The Labute approximate surface area is 112 Å². The van der Waals surface area contributed by atoms with Crippen LogP contribution >= 0.6 is 23.4 Å². The Morgan fingerprint density at radius 3 is 2.65 bits per heavy atom. The summed E-state index contributed by atoms with van der Waals surface area (Å²) in [5, 5.41) is 9.48. The summed E-state index contributed by atoms with van der Waals surface area (Å²) in [6, 6.07) is 0.471. The lowest BCUT2D eigenvalue weighted by atomic mass is 9.94. The molecule has 1 aromatic heterocycles. The van der Waals surface area contributed by atoms with Crippen LogP contribution in [0.5, 0.6) is 0 Å². The number of halogens is 1. The molecule has 1 aliphatic carbocycles. The molecule has 2 atom stereocenters. The number of hydrogen-bond donors (Lipinski definition) is 0. The van der Waals surface area contributed by atoms with Crippen molar-refractivity contribution in [3.8, 4) is 0 Å². The molecule has 1 saturated carbocycles. The van der Waals surface area contributed by atoms with Gasteiger partial charge in [0.1, 0.15) is 5.82 Å². The van der Waals surface area contributed by atoms with E-state index >= 15 is 0 Å². The standard InChI is InChI=1S/C12H20ClN3S/c1-8(2)11-14-15-12(13)16(11)9-6-4-5-7-10(9)17-3/h8-10H,4-7H2,1-3H3. The van der Waals surface area contributed by atoms with Gasteiger partial charge in [0.2, 0.25) is 5.28 Å². The SMILES string of the molecule is CSC1CCCCC1n1c(Cl)nnc1C(C)C. The Morgan fingerprint density at radius 2 is 2.00 bits per heavy atom. The molecule has 0 radical (unpaired) electrons. The fraction of sp³-hybridized carbons (Fsp3) is 0.833. The van der Waals surface area contributed by atoms with E-state index in [1.54, 1.807) is 0 Å². The van der Waals surface area contributed by atoms with E-state index in [0.29, 0.717) is 22.5 Å². The topological polar surface area (TPSA) is 30.7 Å². The third kappa shape index (κ3) is 2.63. The highest BCUT2D eigenvalue weighted by Gasteiger charge is 2.30. The fourth-order valence-electron chi connectivity index (χ4n) is 2.63. The van der Waals surface area contributed by atoms with Gasteiger partial charge in [-0.25, -0.2) is 0 Å². The van der Waals surface area contributed by atoms with Gasteiger partial charge in [-0.05, 0) is 30.7 Å². The van der Waals surface area contributed by atoms with Crippen molar-refractivity contribution >= 4 is 23.4 Å². The minimum Gasteiger partial charge on any atom is -0.297 e. The summed E-state index contributed by atoms with van der Waals surface area (Å²) >= 11 is 8.17. The lowest BCUT2D eigenvalue weighted by Crippen LogP contribution is -2.27. The molecule has 0 amide bonds. The minimum absolute atomic E-state index is 0.374. The maximum absolute atomic E-state index is 6.22. The van der Waals surface area contributed by atoms with Crippen molar-refractivity contribution in [1.82, 2.24) is 14.8 Å². The van der Waals surface area contributed by atoms with Crippen LogP contribution in [0, 0.1) is 0 Å². The molecule has 0 bridgehead atoms. The quantitative estimate of drug-likeness (QED) is 0.837. The zero-order chi connectivity index (χ0) is 12.4. The van der Waals surface area contributed by atoms with Crippen molar-refractivity contribution in [3.63, 3.8) is 0 Å². The Balaban J connectivity index is 2.33. The first-order chi connectivity index (χ1) is 8.15. The summed E-state index contributed by atoms with van der Waals surface area (Å²) in [7, 11) is 0. The van der Waals surface area contributed by atoms with E-state index in [2.05, 4.69) is 34.9 Å². The van der Waals surface area contributed by atoms with Crippen LogP contribution < -0.4 is 0 Å². The molecule has 0 N–H and O–H groups in total. The third-order valence-corrected chi connectivity index (χ3v) is 4.91. The summed E-state index contributed by atoms with van der Waals surface area (Å²) in [5.41, 5.74) is 0. The van der Waals surface area contributed by atoms with Crippen LogP contribution in [0.3, 0.4) is 0 Å². The maximum atomic E-state index is 6.22. The van der Waals surface area contributed by atoms with E-state index < -0.39 is 0 Å². The third-order valence-electron chi connectivity index (χ3n) is 3.50. The Hall–Kier alpha value is -0.220. The first-order valence-corrected chi connectivity index (χ1v) is 7.94. The molecule has 17 heavy (non-hydrogen) atoms. The Kier molecular flexibility index (Phi) is 4.36. The number of nitrogens with zero attached hydrogens (tertiary/aromatic N) is 3. The van der Waals surface area contributed by atoms with Crippen LogP contribution in [0.4, 0.5) is 0 Å². The van der Waals surface area contributed by atoms with Crippen molar-refractivity contribution < 1.29 is 0 Å². The number of hydrogen-bond acceptors (Lipinski definition) is 3. The normalized spacial score (nSPS) is 25.5. The van der Waals surface area contributed by atoms with Crippen LogP contribution in [0.1, 0.15) is 57.3 Å². The van der Waals surface area contributed by atoms with Crippen LogP contribution in [0.15, 0.2) is 0 Å². The van der Waals surface area contributed by atoms with Gasteiger partial charge in [0.05, 0.1) is 0 Å². The van der Waals surface area contributed by atoms with Gasteiger partial charge in [-0.1, -0.05) is 26.7 Å². The molecule has 3 nitrogen and oxygen atoms in total. The molecule has 0 aromatic carbocycles. The average Bonchev–Trinajstić information content (AvgIpc) is 2.71. The summed E-state index contributed by atoms with van der Waals surface area (Å²) in [4.78, 5) is 0. The maximum Gasteiger partial charge on any atom is 0.225 e. The predicted octanol–water partition coefficient (Wildman–Crippen LogP) is 3.90. The zero-order valence-electron chi connectivity index (χ0n) is 10.7.